The summed E-state index contributed by atoms with van der Waals surface area (Å²) in [6.45, 7) is 0. The lowest BCUT2D eigenvalue weighted by Gasteiger charge is -2.15. The van der Waals surface area contributed by atoms with E-state index >= 15 is 0 Å². The van der Waals surface area contributed by atoms with E-state index in [4.69, 9.17) is 5.84 Å². The number of rotatable bonds is 1. The molecule has 0 saturated carbocycles. The Hall–Kier alpha value is -0.340. The lowest BCUT2D eigenvalue weighted by molar-refractivity contribution is 0.489. The lowest BCUT2D eigenvalue weighted by atomic mass is 10.0. The summed E-state index contributed by atoms with van der Waals surface area (Å²) in [7, 11) is 0. The van der Waals surface area contributed by atoms with Gasteiger partial charge in [0.25, 0.3) is 0 Å². The van der Waals surface area contributed by atoms with E-state index in [0.29, 0.717) is 6.04 Å². The van der Waals surface area contributed by atoms with Gasteiger partial charge < -0.3 is 0 Å². The zero-order valence-electron chi connectivity index (χ0n) is 4.93. The summed E-state index contributed by atoms with van der Waals surface area (Å²) in [6.07, 6.45) is 7.83. The standard InChI is InChI=1S/C6H12N2/c7-8-6-4-2-1-3-5-6/h1-2,6,8H,3-5,7H2. The van der Waals surface area contributed by atoms with Gasteiger partial charge in [-0.05, 0) is 19.3 Å². The SMILES string of the molecule is NNC1CC=CCC1. The average Bonchev–Trinajstić information content (AvgIpc) is 1.90. The Balaban J connectivity index is 2.27. The highest BCUT2D eigenvalue weighted by atomic mass is 15.2. The summed E-state index contributed by atoms with van der Waals surface area (Å²) < 4.78 is 0. The summed E-state index contributed by atoms with van der Waals surface area (Å²) in [4.78, 5) is 0. The molecule has 0 bridgehead atoms. The van der Waals surface area contributed by atoms with Gasteiger partial charge in [-0.3, -0.25) is 11.3 Å². The van der Waals surface area contributed by atoms with E-state index < -0.39 is 0 Å². The Morgan fingerprint density at radius 3 is 2.75 bits per heavy atom. The van der Waals surface area contributed by atoms with Crippen LogP contribution in [0, 0.1) is 0 Å². The smallest absolute Gasteiger partial charge is 0.0247 e. The Labute approximate surface area is 49.7 Å². The zero-order valence-corrected chi connectivity index (χ0v) is 4.93. The van der Waals surface area contributed by atoms with Gasteiger partial charge in [-0.25, -0.2) is 0 Å². The molecule has 1 rings (SSSR count). The van der Waals surface area contributed by atoms with Gasteiger partial charge in [0.05, 0.1) is 0 Å². The highest BCUT2D eigenvalue weighted by Crippen LogP contribution is 2.08. The van der Waals surface area contributed by atoms with Crippen molar-refractivity contribution < 1.29 is 0 Å². The fourth-order valence-corrected chi connectivity index (χ4v) is 0.945. The fraction of sp³-hybridized carbons (Fsp3) is 0.667. The molecule has 0 fully saturated rings. The van der Waals surface area contributed by atoms with E-state index in [9.17, 15) is 0 Å². The van der Waals surface area contributed by atoms with Gasteiger partial charge in [0.1, 0.15) is 0 Å². The molecule has 1 unspecified atom stereocenters. The quantitative estimate of drug-likeness (QED) is 0.295. The molecule has 2 heteroatoms. The summed E-state index contributed by atoms with van der Waals surface area (Å²) in [5.41, 5.74) is 2.75. The predicted molar refractivity (Wildman–Crippen MR) is 34.1 cm³/mol. The Morgan fingerprint density at radius 1 is 1.50 bits per heavy atom. The molecule has 0 aromatic rings. The van der Waals surface area contributed by atoms with Gasteiger partial charge in [0.15, 0.2) is 0 Å². The molecule has 0 aliphatic heterocycles. The Kier molecular flexibility index (Phi) is 2.06. The molecule has 1 aliphatic rings. The minimum Gasteiger partial charge on any atom is -0.271 e. The monoisotopic (exact) mass is 112 g/mol. The number of allylic oxidation sites excluding steroid dienone is 1. The van der Waals surface area contributed by atoms with Crippen molar-refractivity contribution in [1.82, 2.24) is 5.43 Å². The van der Waals surface area contributed by atoms with Crippen LogP contribution in [0.1, 0.15) is 19.3 Å². The van der Waals surface area contributed by atoms with Crippen LogP contribution in [0.25, 0.3) is 0 Å². The Morgan fingerprint density at radius 2 is 2.38 bits per heavy atom. The topological polar surface area (TPSA) is 38.0 Å². The van der Waals surface area contributed by atoms with Crippen molar-refractivity contribution in [2.24, 2.45) is 5.84 Å². The molecule has 46 valence electrons. The van der Waals surface area contributed by atoms with Crippen molar-refractivity contribution in [3.63, 3.8) is 0 Å². The first-order valence-electron chi connectivity index (χ1n) is 3.04. The highest BCUT2D eigenvalue weighted by Gasteiger charge is 2.04. The summed E-state index contributed by atoms with van der Waals surface area (Å²) in [5.74, 6) is 5.22. The molecule has 1 atom stereocenters. The molecule has 0 saturated heterocycles. The van der Waals surface area contributed by atoms with E-state index in [0.717, 1.165) is 6.42 Å². The number of nitrogens with two attached hydrogens (primary N) is 1. The fourth-order valence-electron chi connectivity index (χ4n) is 0.945. The largest absolute Gasteiger partial charge is 0.271 e. The first-order valence-corrected chi connectivity index (χ1v) is 3.04. The molecule has 0 aromatic heterocycles. The van der Waals surface area contributed by atoms with Crippen molar-refractivity contribution in [3.8, 4) is 0 Å². The van der Waals surface area contributed by atoms with E-state index in [1.165, 1.54) is 12.8 Å². The molecule has 0 radical (unpaired) electrons. The van der Waals surface area contributed by atoms with Crippen LogP contribution >= 0.6 is 0 Å². The van der Waals surface area contributed by atoms with Crippen LogP contribution in [0.3, 0.4) is 0 Å². The predicted octanol–water partition coefficient (Wildman–Crippen LogP) is 0.558. The van der Waals surface area contributed by atoms with Gasteiger partial charge in [-0.1, -0.05) is 12.2 Å². The number of hydrogen-bond donors (Lipinski definition) is 2. The van der Waals surface area contributed by atoms with Crippen LogP contribution in [-0.4, -0.2) is 6.04 Å². The number of nitrogens with one attached hydrogen (secondary N) is 1. The van der Waals surface area contributed by atoms with E-state index in [2.05, 4.69) is 17.6 Å². The normalized spacial score (nSPS) is 28.4. The van der Waals surface area contributed by atoms with Crippen molar-refractivity contribution in [3.05, 3.63) is 12.2 Å². The number of hydrazine groups is 1. The highest BCUT2D eigenvalue weighted by molar-refractivity contribution is 4.91. The summed E-state index contributed by atoms with van der Waals surface area (Å²) in [6, 6.07) is 0.528. The molecule has 3 N–H and O–H groups in total. The summed E-state index contributed by atoms with van der Waals surface area (Å²) >= 11 is 0. The second-order valence-corrected chi connectivity index (χ2v) is 2.15. The van der Waals surface area contributed by atoms with Crippen molar-refractivity contribution in [2.75, 3.05) is 0 Å². The van der Waals surface area contributed by atoms with Crippen LogP contribution in [0.2, 0.25) is 0 Å². The van der Waals surface area contributed by atoms with Crippen LogP contribution in [0.15, 0.2) is 12.2 Å². The van der Waals surface area contributed by atoms with Crippen LogP contribution in [0.5, 0.6) is 0 Å². The minimum absolute atomic E-state index is 0.528. The van der Waals surface area contributed by atoms with Gasteiger partial charge in [-0.2, -0.15) is 0 Å². The molecular weight excluding hydrogens is 100 g/mol. The third kappa shape index (κ3) is 1.32. The van der Waals surface area contributed by atoms with Gasteiger partial charge >= 0.3 is 0 Å². The Bertz CT molecular complexity index is 88.5. The summed E-state index contributed by atoms with van der Waals surface area (Å²) in [5, 5.41) is 0. The minimum atomic E-state index is 0.528. The molecule has 0 heterocycles. The van der Waals surface area contributed by atoms with Crippen LogP contribution < -0.4 is 11.3 Å². The van der Waals surface area contributed by atoms with Crippen LogP contribution in [-0.2, 0) is 0 Å². The molecule has 0 spiro atoms. The molecular formula is C6H12N2. The molecule has 0 aromatic carbocycles. The maximum Gasteiger partial charge on any atom is 0.0247 e. The van der Waals surface area contributed by atoms with Gasteiger partial charge in [0.2, 0.25) is 0 Å². The average molecular weight is 112 g/mol. The van der Waals surface area contributed by atoms with Crippen LogP contribution in [0.4, 0.5) is 0 Å². The zero-order chi connectivity index (χ0) is 5.82. The van der Waals surface area contributed by atoms with E-state index in [-0.39, 0.29) is 0 Å². The lowest BCUT2D eigenvalue weighted by Crippen LogP contribution is -2.35. The third-order valence-electron chi connectivity index (χ3n) is 1.50. The van der Waals surface area contributed by atoms with Crippen molar-refractivity contribution in [2.45, 2.75) is 25.3 Å². The van der Waals surface area contributed by atoms with E-state index in [1.807, 2.05) is 0 Å². The maximum absolute atomic E-state index is 5.22. The first kappa shape index (κ1) is 5.79. The van der Waals surface area contributed by atoms with E-state index in [1.54, 1.807) is 0 Å². The molecule has 8 heavy (non-hydrogen) atoms. The van der Waals surface area contributed by atoms with Gasteiger partial charge in [0, 0.05) is 6.04 Å². The van der Waals surface area contributed by atoms with Crippen molar-refractivity contribution >= 4 is 0 Å². The second-order valence-electron chi connectivity index (χ2n) is 2.15. The molecule has 1 aliphatic carbocycles. The number of hydrogen-bond acceptors (Lipinski definition) is 2. The maximum atomic E-state index is 5.22. The third-order valence-corrected chi connectivity index (χ3v) is 1.50. The molecule has 2 nitrogen and oxygen atoms in total. The van der Waals surface area contributed by atoms with Crippen molar-refractivity contribution in [1.29, 1.82) is 0 Å². The second kappa shape index (κ2) is 2.84. The first-order chi connectivity index (χ1) is 3.93. The van der Waals surface area contributed by atoms with Gasteiger partial charge in [-0.15, -0.1) is 0 Å². The molecule has 0 amide bonds.